The van der Waals surface area contributed by atoms with Crippen molar-refractivity contribution < 1.29 is 9.59 Å². The third kappa shape index (κ3) is 4.17. The number of primary amides is 1. The Balaban J connectivity index is 1.66. The maximum atomic E-state index is 12.8. The van der Waals surface area contributed by atoms with E-state index in [2.05, 4.69) is 0 Å². The van der Waals surface area contributed by atoms with Gasteiger partial charge < -0.3 is 10.6 Å². The molecule has 152 valence electrons. The van der Waals surface area contributed by atoms with E-state index in [0.717, 1.165) is 35.3 Å². The third-order valence-electron chi connectivity index (χ3n) is 5.33. The minimum Gasteiger partial charge on any atom is -0.368 e. The van der Waals surface area contributed by atoms with Crippen molar-refractivity contribution in [2.24, 2.45) is 5.73 Å². The van der Waals surface area contributed by atoms with Gasteiger partial charge in [0, 0.05) is 29.9 Å². The van der Waals surface area contributed by atoms with Crippen LogP contribution >= 0.6 is 0 Å². The summed E-state index contributed by atoms with van der Waals surface area (Å²) in [5.74, 6) is -0.650. The molecule has 1 aliphatic rings. The Morgan fingerprint density at radius 2 is 1.70 bits per heavy atom. The number of rotatable bonds is 5. The van der Waals surface area contributed by atoms with Crippen molar-refractivity contribution in [3.63, 3.8) is 0 Å². The summed E-state index contributed by atoms with van der Waals surface area (Å²) in [7, 11) is 0. The van der Waals surface area contributed by atoms with Gasteiger partial charge in [-0.15, -0.1) is 0 Å². The largest absolute Gasteiger partial charge is 0.368 e. The smallest absolute Gasteiger partial charge is 0.247 e. The lowest BCUT2D eigenvalue weighted by atomic mass is 10.0. The molecule has 1 atom stereocenters. The number of aromatic nitrogens is 2. The van der Waals surface area contributed by atoms with Gasteiger partial charge in [0.15, 0.2) is 0 Å². The van der Waals surface area contributed by atoms with Crippen LogP contribution in [-0.2, 0) is 9.59 Å². The fourth-order valence-corrected chi connectivity index (χ4v) is 3.79. The van der Waals surface area contributed by atoms with Gasteiger partial charge >= 0.3 is 0 Å². The van der Waals surface area contributed by atoms with Crippen LogP contribution in [-0.4, -0.2) is 39.1 Å². The SMILES string of the molecule is NC(=O)C1CCCCN1C(=O)/C=C/c1cn(-c2ccccc2)nc1-c1ccccc1. The van der Waals surface area contributed by atoms with Crippen LogP contribution < -0.4 is 5.73 Å². The van der Waals surface area contributed by atoms with Gasteiger partial charge in [-0.3, -0.25) is 9.59 Å². The minimum absolute atomic E-state index is 0.204. The van der Waals surface area contributed by atoms with Crippen LogP contribution in [0.3, 0.4) is 0 Å². The molecule has 2 heterocycles. The lowest BCUT2D eigenvalue weighted by Gasteiger charge is -2.32. The fourth-order valence-electron chi connectivity index (χ4n) is 3.79. The molecule has 1 saturated heterocycles. The highest BCUT2D eigenvalue weighted by molar-refractivity contribution is 5.96. The molecular formula is C24H24N4O2. The molecule has 1 unspecified atom stereocenters. The van der Waals surface area contributed by atoms with Gasteiger partial charge in [0.2, 0.25) is 11.8 Å². The molecule has 1 fully saturated rings. The molecule has 2 N–H and O–H groups in total. The zero-order valence-electron chi connectivity index (χ0n) is 16.6. The number of likely N-dealkylation sites (tertiary alicyclic amines) is 1. The van der Waals surface area contributed by atoms with E-state index < -0.39 is 11.9 Å². The van der Waals surface area contributed by atoms with Crippen molar-refractivity contribution in [2.75, 3.05) is 6.54 Å². The second-order valence-corrected chi connectivity index (χ2v) is 7.36. The zero-order chi connectivity index (χ0) is 20.9. The van der Waals surface area contributed by atoms with Gasteiger partial charge in [-0.2, -0.15) is 5.10 Å². The molecule has 6 heteroatoms. The van der Waals surface area contributed by atoms with Gasteiger partial charge in [-0.1, -0.05) is 48.5 Å². The van der Waals surface area contributed by atoms with E-state index in [1.807, 2.05) is 66.9 Å². The minimum atomic E-state index is -0.531. The molecule has 0 saturated carbocycles. The summed E-state index contributed by atoms with van der Waals surface area (Å²) in [6.07, 6.45) is 7.59. The zero-order valence-corrected chi connectivity index (χ0v) is 16.6. The summed E-state index contributed by atoms with van der Waals surface area (Å²) in [5.41, 5.74) is 9.01. The first-order valence-electron chi connectivity index (χ1n) is 10.1. The molecule has 2 amide bonds. The van der Waals surface area contributed by atoms with Gasteiger partial charge in [0.1, 0.15) is 6.04 Å². The highest BCUT2D eigenvalue weighted by Crippen LogP contribution is 2.25. The number of carbonyl (C=O) groups is 2. The van der Waals surface area contributed by atoms with Crippen molar-refractivity contribution in [3.05, 3.63) is 78.5 Å². The first-order chi connectivity index (χ1) is 14.6. The lowest BCUT2D eigenvalue weighted by molar-refractivity contribution is -0.137. The van der Waals surface area contributed by atoms with Crippen LogP contribution in [0.15, 0.2) is 72.9 Å². The second kappa shape index (κ2) is 8.78. The lowest BCUT2D eigenvalue weighted by Crippen LogP contribution is -2.49. The van der Waals surface area contributed by atoms with E-state index in [4.69, 9.17) is 10.8 Å². The molecular weight excluding hydrogens is 376 g/mol. The summed E-state index contributed by atoms with van der Waals surface area (Å²) in [5, 5.41) is 4.75. The Bertz CT molecular complexity index is 1060. The highest BCUT2D eigenvalue weighted by atomic mass is 16.2. The Morgan fingerprint density at radius 3 is 2.40 bits per heavy atom. The Kier molecular flexibility index (Phi) is 5.75. The van der Waals surface area contributed by atoms with E-state index in [-0.39, 0.29) is 5.91 Å². The summed E-state index contributed by atoms with van der Waals surface area (Å²) >= 11 is 0. The summed E-state index contributed by atoms with van der Waals surface area (Å²) in [6.45, 7) is 0.547. The van der Waals surface area contributed by atoms with E-state index in [9.17, 15) is 9.59 Å². The highest BCUT2D eigenvalue weighted by Gasteiger charge is 2.29. The van der Waals surface area contributed by atoms with Gasteiger partial charge in [-0.25, -0.2) is 4.68 Å². The predicted molar refractivity (Wildman–Crippen MR) is 117 cm³/mol. The van der Waals surface area contributed by atoms with E-state index in [1.165, 1.54) is 6.08 Å². The van der Waals surface area contributed by atoms with Crippen molar-refractivity contribution in [1.82, 2.24) is 14.7 Å². The number of piperidine rings is 1. The normalized spacial score (nSPS) is 16.7. The molecule has 1 aliphatic heterocycles. The first kappa shape index (κ1) is 19.6. The van der Waals surface area contributed by atoms with Crippen LogP contribution in [0.5, 0.6) is 0 Å². The maximum absolute atomic E-state index is 12.8. The van der Waals surface area contributed by atoms with Gasteiger partial charge in [0.05, 0.1) is 11.4 Å². The van der Waals surface area contributed by atoms with E-state index >= 15 is 0 Å². The van der Waals surface area contributed by atoms with E-state index in [0.29, 0.717) is 13.0 Å². The Morgan fingerprint density at radius 1 is 1.00 bits per heavy atom. The van der Waals surface area contributed by atoms with Crippen LogP contribution in [0.1, 0.15) is 24.8 Å². The molecule has 3 aromatic rings. The van der Waals surface area contributed by atoms with Gasteiger partial charge in [-0.05, 0) is 37.5 Å². The average Bonchev–Trinajstić information content (AvgIpc) is 3.23. The molecule has 4 rings (SSSR count). The Hall–Kier alpha value is -3.67. The summed E-state index contributed by atoms with van der Waals surface area (Å²) in [4.78, 5) is 26.1. The molecule has 30 heavy (non-hydrogen) atoms. The van der Waals surface area contributed by atoms with Crippen LogP contribution in [0.4, 0.5) is 0 Å². The van der Waals surface area contributed by atoms with Crippen LogP contribution in [0.25, 0.3) is 23.0 Å². The fraction of sp³-hybridized carbons (Fsp3) is 0.208. The summed E-state index contributed by atoms with van der Waals surface area (Å²) < 4.78 is 1.81. The summed E-state index contributed by atoms with van der Waals surface area (Å²) in [6, 6.07) is 19.1. The molecule has 2 aromatic carbocycles. The first-order valence-corrected chi connectivity index (χ1v) is 10.1. The Labute approximate surface area is 175 Å². The molecule has 1 aromatic heterocycles. The molecule has 0 aliphatic carbocycles. The predicted octanol–water partition coefficient (Wildman–Crippen LogP) is 3.42. The average molecular weight is 400 g/mol. The second-order valence-electron chi connectivity index (χ2n) is 7.36. The number of amides is 2. The number of hydrogen-bond donors (Lipinski definition) is 1. The molecule has 0 bridgehead atoms. The number of carbonyl (C=O) groups excluding carboxylic acids is 2. The maximum Gasteiger partial charge on any atom is 0.247 e. The number of nitrogens with two attached hydrogens (primary N) is 1. The monoisotopic (exact) mass is 400 g/mol. The standard InChI is InChI=1S/C24H24N4O2/c25-24(30)21-13-7-8-16-27(21)22(29)15-14-19-17-28(20-11-5-2-6-12-20)26-23(19)18-9-3-1-4-10-18/h1-6,9-12,14-15,17,21H,7-8,13,16H2,(H2,25,30)/b15-14+. The van der Waals surface area contributed by atoms with Crippen molar-refractivity contribution in [1.29, 1.82) is 0 Å². The van der Waals surface area contributed by atoms with Crippen molar-refractivity contribution >= 4 is 17.9 Å². The molecule has 0 radical (unpaired) electrons. The number of nitrogens with zero attached hydrogens (tertiary/aromatic N) is 3. The number of benzene rings is 2. The van der Waals surface area contributed by atoms with Gasteiger partial charge in [0.25, 0.3) is 0 Å². The van der Waals surface area contributed by atoms with Crippen LogP contribution in [0, 0.1) is 0 Å². The molecule has 0 spiro atoms. The number of hydrogen-bond acceptors (Lipinski definition) is 3. The van der Waals surface area contributed by atoms with Crippen molar-refractivity contribution in [2.45, 2.75) is 25.3 Å². The topological polar surface area (TPSA) is 81.2 Å². The third-order valence-corrected chi connectivity index (χ3v) is 5.33. The van der Waals surface area contributed by atoms with Crippen molar-refractivity contribution in [3.8, 4) is 16.9 Å². The van der Waals surface area contributed by atoms with Crippen LogP contribution in [0.2, 0.25) is 0 Å². The quantitative estimate of drug-likeness (QED) is 0.667. The van der Waals surface area contributed by atoms with E-state index in [1.54, 1.807) is 15.7 Å². The molecule has 6 nitrogen and oxygen atoms in total. The number of para-hydroxylation sites is 1.